The van der Waals surface area contributed by atoms with Crippen LogP contribution in [0.3, 0.4) is 0 Å². The minimum atomic E-state index is -0.0751. The van der Waals surface area contributed by atoms with Gasteiger partial charge in [-0.05, 0) is 94.2 Å². The van der Waals surface area contributed by atoms with E-state index in [-0.39, 0.29) is 54.0 Å². The van der Waals surface area contributed by atoms with Crippen LogP contribution in [0.2, 0.25) is 0 Å². The van der Waals surface area contributed by atoms with Gasteiger partial charge in [0.05, 0.1) is 0 Å². The van der Waals surface area contributed by atoms with Crippen molar-refractivity contribution in [2.75, 3.05) is 0 Å². The molecular weight excluding hydrogens is 631 g/mol. The predicted molar refractivity (Wildman–Crippen MR) is 204 cm³/mol. The number of rotatable bonds is 9. The quantitative estimate of drug-likeness (QED) is 0.225. The van der Waals surface area contributed by atoms with Crippen molar-refractivity contribution in [2.24, 2.45) is 0 Å². The molecule has 0 aromatic heterocycles. The molecule has 0 aliphatic heterocycles. The fourth-order valence-electron chi connectivity index (χ4n) is 10.1. The predicted octanol–water partition coefficient (Wildman–Crippen LogP) is 9.70. The van der Waals surface area contributed by atoms with Crippen molar-refractivity contribution in [3.8, 4) is 0 Å². The van der Waals surface area contributed by atoms with E-state index in [0.717, 1.165) is 113 Å². The first-order valence-corrected chi connectivity index (χ1v) is 20.2. The third-order valence-corrected chi connectivity index (χ3v) is 12.5. The Labute approximate surface area is 305 Å². The minimum absolute atomic E-state index is 0.0751. The normalized spacial score (nSPS) is 23.6. The monoisotopic (exact) mass is 687 g/mol. The van der Waals surface area contributed by atoms with Crippen LogP contribution in [0.15, 0.2) is 91.0 Å². The van der Waals surface area contributed by atoms with Gasteiger partial charge in [-0.1, -0.05) is 112 Å². The number of carbonyl (C=O) groups is 3. The van der Waals surface area contributed by atoms with Crippen LogP contribution in [-0.4, -0.2) is 68.7 Å². The molecule has 4 aliphatic rings. The molecule has 0 atom stereocenters. The zero-order valence-electron chi connectivity index (χ0n) is 30.4. The molecule has 270 valence electrons. The second-order valence-corrected chi connectivity index (χ2v) is 15.8. The van der Waals surface area contributed by atoms with E-state index in [4.69, 9.17) is 0 Å². The zero-order chi connectivity index (χ0) is 35.0. The maximum Gasteiger partial charge on any atom is 0.254 e. The summed E-state index contributed by atoms with van der Waals surface area (Å²) in [6.45, 7) is 0. The molecule has 3 amide bonds. The smallest absolute Gasteiger partial charge is 0.254 e. The van der Waals surface area contributed by atoms with Crippen molar-refractivity contribution >= 4 is 17.7 Å². The molecule has 0 saturated heterocycles. The first-order valence-electron chi connectivity index (χ1n) is 20.2. The van der Waals surface area contributed by atoms with Gasteiger partial charge in [-0.25, -0.2) is 0 Å². The molecule has 3 aromatic rings. The van der Waals surface area contributed by atoms with Crippen LogP contribution in [0.5, 0.6) is 0 Å². The minimum Gasteiger partial charge on any atom is -0.333 e. The van der Waals surface area contributed by atoms with E-state index >= 15 is 0 Å². The Bertz CT molecular complexity index is 1370. The SMILES string of the molecule is O=C(c1ccccc1)N(C1CCCCC1)C1CC(N(C(=O)c2ccccc2)C2CCCCC2)CC(N(C(=O)c2ccccc2)C2CCCCC2)C1. The van der Waals surface area contributed by atoms with Gasteiger partial charge in [-0.3, -0.25) is 14.4 Å². The Morgan fingerprint density at radius 2 is 0.569 bits per heavy atom. The van der Waals surface area contributed by atoms with Gasteiger partial charge in [-0.15, -0.1) is 0 Å². The second-order valence-electron chi connectivity index (χ2n) is 15.8. The van der Waals surface area contributed by atoms with Crippen LogP contribution in [-0.2, 0) is 0 Å². The molecule has 3 aromatic carbocycles. The number of hydrogen-bond acceptors (Lipinski definition) is 3. The average molecular weight is 688 g/mol. The lowest BCUT2D eigenvalue weighted by molar-refractivity contribution is -0.00814. The van der Waals surface area contributed by atoms with Crippen molar-refractivity contribution in [3.05, 3.63) is 108 Å². The van der Waals surface area contributed by atoms with Crippen molar-refractivity contribution in [2.45, 2.75) is 152 Å². The topological polar surface area (TPSA) is 60.9 Å². The third-order valence-electron chi connectivity index (χ3n) is 12.5. The van der Waals surface area contributed by atoms with Crippen LogP contribution in [0.1, 0.15) is 147 Å². The standard InChI is InChI=1S/C45H57N3O3/c49-43(34-19-7-1-8-20-34)46(37-25-13-4-14-26-37)40-31-41(47(38-27-15-5-16-28-38)44(50)35-21-9-2-10-22-35)33-42(32-40)48(39-29-17-6-18-30-39)45(51)36-23-11-3-12-24-36/h1-3,7-12,19-24,37-42H,4-6,13-18,25-33H2. The first kappa shape index (κ1) is 35.5. The average Bonchev–Trinajstić information content (AvgIpc) is 3.20. The summed E-state index contributed by atoms with van der Waals surface area (Å²) in [5.41, 5.74) is 2.20. The Hall–Kier alpha value is -3.93. The zero-order valence-corrected chi connectivity index (χ0v) is 30.4. The highest BCUT2D eigenvalue weighted by Gasteiger charge is 2.46. The molecule has 0 heterocycles. The van der Waals surface area contributed by atoms with Crippen molar-refractivity contribution in [1.82, 2.24) is 14.7 Å². The van der Waals surface area contributed by atoms with Gasteiger partial charge in [-0.2, -0.15) is 0 Å². The van der Waals surface area contributed by atoms with E-state index in [9.17, 15) is 14.4 Å². The van der Waals surface area contributed by atoms with Crippen molar-refractivity contribution < 1.29 is 14.4 Å². The molecule has 0 N–H and O–H groups in total. The molecule has 0 bridgehead atoms. The number of benzene rings is 3. The second kappa shape index (κ2) is 17.1. The Morgan fingerprint density at radius 3 is 0.804 bits per heavy atom. The van der Waals surface area contributed by atoms with E-state index < -0.39 is 0 Å². The molecule has 7 rings (SSSR count). The summed E-state index contributed by atoms with van der Waals surface area (Å²) in [5, 5.41) is 0. The molecule has 0 unspecified atom stereocenters. The van der Waals surface area contributed by atoms with Crippen LogP contribution in [0, 0.1) is 0 Å². The van der Waals surface area contributed by atoms with Crippen LogP contribution in [0.25, 0.3) is 0 Å². The summed E-state index contributed by atoms with van der Waals surface area (Å²) in [4.78, 5) is 51.1. The van der Waals surface area contributed by atoms with Crippen molar-refractivity contribution in [1.29, 1.82) is 0 Å². The lowest BCUT2D eigenvalue weighted by Gasteiger charge is -2.52. The fourth-order valence-corrected chi connectivity index (χ4v) is 10.1. The van der Waals surface area contributed by atoms with Gasteiger partial charge in [0.15, 0.2) is 0 Å². The molecule has 4 aliphatic carbocycles. The van der Waals surface area contributed by atoms with E-state index in [1.807, 2.05) is 91.0 Å². The molecule has 4 fully saturated rings. The van der Waals surface area contributed by atoms with Crippen LogP contribution >= 0.6 is 0 Å². The van der Waals surface area contributed by atoms with Gasteiger partial charge in [0, 0.05) is 52.9 Å². The number of hydrogen-bond donors (Lipinski definition) is 0. The fraction of sp³-hybridized carbons (Fsp3) is 0.533. The summed E-state index contributed by atoms with van der Waals surface area (Å²) >= 11 is 0. The highest BCUT2D eigenvalue weighted by Crippen LogP contribution is 2.40. The van der Waals surface area contributed by atoms with Gasteiger partial charge in [0.2, 0.25) is 0 Å². The number of carbonyl (C=O) groups excluding carboxylic acids is 3. The molecular formula is C45H57N3O3. The maximum atomic E-state index is 14.8. The summed E-state index contributed by atoms with van der Waals surface area (Å²) in [7, 11) is 0. The summed E-state index contributed by atoms with van der Waals surface area (Å²) < 4.78 is 0. The lowest BCUT2D eigenvalue weighted by Crippen LogP contribution is -2.61. The van der Waals surface area contributed by atoms with Gasteiger partial charge in [0.1, 0.15) is 0 Å². The molecule has 0 spiro atoms. The molecule has 51 heavy (non-hydrogen) atoms. The van der Waals surface area contributed by atoms with Crippen molar-refractivity contribution in [3.63, 3.8) is 0 Å². The van der Waals surface area contributed by atoms with Gasteiger partial charge < -0.3 is 14.7 Å². The lowest BCUT2D eigenvalue weighted by atomic mass is 9.79. The highest BCUT2D eigenvalue weighted by molar-refractivity contribution is 5.96. The molecule has 6 nitrogen and oxygen atoms in total. The number of amides is 3. The molecule has 0 radical (unpaired) electrons. The highest BCUT2D eigenvalue weighted by atomic mass is 16.2. The third kappa shape index (κ3) is 8.26. The van der Waals surface area contributed by atoms with E-state index in [1.165, 1.54) is 19.3 Å². The summed E-state index contributed by atoms with van der Waals surface area (Å²) in [6.07, 6.45) is 18.7. The summed E-state index contributed by atoms with van der Waals surface area (Å²) in [5.74, 6) is 0.303. The molecule has 4 saturated carbocycles. The van der Waals surface area contributed by atoms with Gasteiger partial charge >= 0.3 is 0 Å². The van der Waals surface area contributed by atoms with Crippen LogP contribution in [0.4, 0.5) is 0 Å². The Morgan fingerprint density at radius 1 is 0.333 bits per heavy atom. The van der Waals surface area contributed by atoms with E-state index in [2.05, 4.69) is 14.7 Å². The molecule has 6 heteroatoms. The first-order chi connectivity index (χ1) is 25.1. The van der Waals surface area contributed by atoms with E-state index in [1.54, 1.807) is 0 Å². The van der Waals surface area contributed by atoms with Gasteiger partial charge in [0.25, 0.3) is 17.7 Å². The Balaban J connectivity index is 1.32. The Kier molecular flexibility index (Phi) is 11.9. The largest absolute Gasteiger partial charge is 0.333 e. The van der Waals surface area contributed by atoms with E-state index in [0.29, 0.717) is 0 Å². The maximum absolute atomic E-state index is 14.8. The van der Waals surface area contributed by atoms with Crippen LogP contribution < -0.4 is 0 Å². The number of nitrogens with zero attached hydrogens (tertiary/aromatic N) is 3. The summed E-state index contributed by atoms with van der Waals surface area (Å²) in [6, 6.07) is 29.7.